The molecular formula is C20H18ClN5O2S. The second-order valence-electron chi connectivity index (χ2n) is 6.47. The van der Waals surface area contributed by atoms with Gasteiger partial charge >= 0.3 is 6.03 Å². The molecule has 1 aliphatic rings. The number of urea groups is 1. The van der Waals surface area contributed by atoms with E-state index in [1.807, 2.05) is 47.0 Å². The van der Waals surface area contributed by atoms with Crippen LogP contribution in [0.15, 0.2) is 59.8 Å². The first-order valence-electron chi connectivity index (χ1n) is 9.07. The maximum absolute atomic E-state index is 12.7. The molecule has 1 N–H and O–H groups in total. The quantitative estimate of drug-likeness (QED) is 0.629. The number of halogens is 1. The number of hydrogen-bond donors (Lipinski definition) is 1. The maximum atomic E-state index is 12.7. The molecule has 1 saturated heterocycles. The summed E-state index contributed by atoms with van der Waals surface area (Å²) in [7, 11) is 0. The predicted octanol–water partition coefficient (Wildman–Crippen LogP) is 3.62. The molecule has 0 saturated carbocycles. The molecule has 29 heavy (non-hydrogen) atoms. The number of rotatable bonds is 5. The van der Waals surface area contributed by atoms with Crippen molar-refractivity contribution in [2.24, 2.45) is 0 Å². The molecule has 0 spiro atoms. The van der Waals surface area contributed by atoms with Gasteiger partial charge < -0.3 is 5.32 Å². The van der Waals surface area contributed by atoms with E-state index in [1.165, 1.54) is 16.7 Å². The van der Waals surface area contributed by atoms with E-state index in [1.54, 1.807) is 19.1 Å². The molecule has 1 aliphatic heterocycles. The van der Waals surface area contributed by atoms with Crippen molar-refractivity contribution in [1.82, 2.24) is 25.0 Å². The molecule has 7 nitrogen and oxygen atoms in total. The number of nitrogens with one attached hydrogen (secondary N) is 1. The molecule has 2 aromatic carbocycles. The van der Waals surface area contributed by atoms with Crippen LogP contribution in [0.3, 0.4) is 0 Å². The summed E-state index contributed by atoms with van der Waals surface area (Å²) >= 11 is 7.29. The van der Waals surface area contributed by atoms with E-state index in [2.05, 4.69) is 15.5 Å². The van der Waals surface area contributed by atoms with Gasteiger partial charge in [-0.05, 0) is 43.3 Å². The Morgan fingerprint density at radius 3 is 2.52 bits per heavy atom. The van der Waals surface area contributed by atoms with Crippen molar-refractivity contribution in [3.8, 4) is 17.1 Å². The second kappa shape index (κ2) is 8.26. The largest absolute Gasteiger partial charge is 0.336 e. The fourth-order valence-corrected chi connectivity index (χ4v) is 4.11. The van der Waals surface area contributed by atoms with Crippen molar-refractivity contribution in [3.05, 3.63) is 59.6 Å². The van der Waals surface area contributed by atoms with E-state index in [-0.39, 0.29) is 11.9 Å². The zero-order chi connectivity index (χ0) is 20.4. The van der Waals surface area contributed by atoms with Gasteiger partial charge in [-0.2, -0.15) is 0 Å². The zero-order valence-electron chi connectivity index (χ0n) is 15.6. The Morgan fingerprint density at radius 1 is 1.14 bits per heavy atom. The van der Waals surface area contributed by atoms with E-state index in [0.29, 0.717) is 29.1 Å². The lowest BCUT2D eigenvalue weighted by molar-refractivity contribution is -0.126. The maximum Gasteiger partial charge on any atom is 0.324 e. The van der Waals surface area contributed by atoms with E-state index in [9.17, 15) is 9.59 Å². The van der Waals surface area contributed by atoms with Crippen LogP contribution in [0.1, 0.15) is 6.92 Å². The van der Waals surface area contributed by atoms with Gasteiger partial charge in [-0.3, -0.25) is 14.3 Å². The highest BCUT2D eigenvalue weighted by molar-refractivity contribution is 8.00. The van der Waals surface area contributed by atoms with Crippen molar-refractivity contribution in [3.63, 3.8) is 0 Å². The fraction of sp³-hybridized carbons (Fsp3) is 0.200. The van der Waals surface area contributed by atoms with Crippen molar-refractivity contribution in [2.75, 3.05) is 13.1 Å². The van der Waals surface area contributed by atoms with Gasteiger partial charge in [-0.15, -0.1) is 10.2 Å². The van der Waals surface area contributed by atoms with Gasteiger partial charge in [-0.25, -0.2) is 4.79 Å². The lowest BCUT2D eigenvalue weighted by Crippen LogP contribution is -2.39. The number of carbonyl (C=O) groups excluding carboxylic acids is 2. The third kappa shape index (κ3) is 3.99. The van der Waals surface area contributed by atoms with E-state index < -0.39 is 5.25 Å². The van der Waals surface area contributed by atoms with Gasteiger partial charge in [0.2, 0.25) is 5.91 Å². The molecule has 2 heterocycles. The average molecular weight is 428 g/mol. The average Bonchev–Trinajstić information content (AvgIpc) is 3.35. The van der Waals surface area contributed by atoms with Gasteiger partial charge in [0, 0.05) is 29.4 Å². The van der Waals surface area contributed by atoms with Gasteiger partial charge in [0.15, 0.2) is 11.0 Å². The van der Waals surface area contributed by atoms with Crippen LogP contribution < -0.4 is 5.32 Å². The number of nitrogens with zero attached hydrogens (tertiary/aromatic N) is 4. The molecule has 4 rings (SSSR count). The molecule has 3 aromatic rings. The molecule has 1 unspecified atom stereocenters. The normalized spacial score (nSPS) is 14.7. The number of imide groups is 1. The van der Waals surface area contributed by atoms with Gasteiger partial charge in [-0.1, -0.05) is 41.6 Å². The number of carbonyl (C=O) groups is 2. The first kappa shape index (κ1) is 19.5. The summed E-state index contributed by atoms with van der Waals surface area (Å²) < 4.78 is 1.90. The molecule has 1 atom stereocenters. The molecule has 3 amide bonds. The van der Waals surface area contributed by atoms with Gasteiger partial charge in [0.1, 0.15) is 0 Å². The van der Waals surface area contributed by atoms with Crippen LogP contribution in [0.4, 0.5) is 4.79 Å². The van der Waals surface area contributed by atoms with Crippen LogP contribution in [-0.4, -0.2) is 49.9 Å². The molecule has 0 radical (unpaired) electrons. The minimum atomic E-state index is -0.497. The monoisotopic (exact) mass is 427 g/mol. The van der Waals surface area contributed by atoms with Crippen LogP contribution in [0.2, 0.25) is 5.02 Å². The van der Waals surface area contributed by atoms with Gasteiger partial charge in [0.25, 0.3) is 0 Å². The lowest BCUT2D eigenvalue weighted by Gasteiger charge is -2.17. The number of benzene rings is 2. The summed E-state index contributed by atoms with van der Waals surface area (Å²) in [6.45, 7) is 2.62. The minimum Gasteiger partial charge on any atom is -0.336 e. The number of hydrogen-bond acceptors (Lipinski definition) is 5. The number of aromatic nitrogens is 3. The zero-order valence-corrected chi connectivity index (χ0v) is 17.2. The Labute approximate surface area is 177 Å². The SMILES string of the molecule is CC(Sc1nnc(-c2ccc(Cl)cc2)n1-c1ccccc1)C(=O)N1CCNC1=O. The lowest BCUT2D eigenvalue weighted by atomic mass is 10.2. The third-order valence-electron chi connectivity index (χ3n) is 4.50. The van der Waals surface area contributed by atoms with Crippen LogP contribution in [-0.2, 0) is 4.79 Å². The smallest absolute Gasteiger partial charge is 0.324 e. The Kier molecular flexibility index (Phi) is 5.55. The summed E-state index contributed by atoms with van der Waals surface area (Å²) in [6.07, 6.45) is 0. The Hall–Kier alpha value is -2.84. The van der Waals surface area contributed by atoms with Gasteiger partial charge in [0.05, 0.1) is 5.25 Å². The van der Waals surface area contributed by atoms with Crippen LogP contribution in [0, 0.1) is 0 Å². The summed E-state index contributed by atoms with van der Waals surface area (Å²) in [4.78, 5) is 25.7. The van der Waals surface area contributed by atoms with Crippen molar-refractivity contribution in [2.45, 2.75) is 17.3 Å². The van der Waals surface area contributed by atoms with Crippen molar-refractivity contribution >= 4 is 35.3 Å². The summed E-state index contributed by atoms with van der Waals surface area (Å²) in [6, 6.07) is 16.7. The topological polar surface area (TPSA) is 80.1 Å². The Morgan fingerprint density at radius 2 is 1.86 bits per heavy atom. The van der Waals surface area contributed by atoms with Crippen LogP contribution in [0.25, 0.3) is 17.1 Å². The molecule has 148 valence electrons. The molecule has 0 bridgehead atoms. The second-order valence-corrected chi connectivity index (χ2v) is 8.21. The predicted molar refractivity (Wildman–Crippen MR) is 112 cm³/mol. The molecule has 9 heteroatoms. The Balaban J connectivity index is 1.69. The highest BCUT2D eigenvalue weighted by Gasteiger charge is 2.31. The number of para-hydroxylation sites is 1. The minimum absolute atomic E-state index is 0.249. The highest BCUT2D eigenvalue weighted by atomic mass is 35.5. The van der Waals surface area contributed by atoms with Crippen molar-refractivity contribution in [1.29, 1.82) is 0 Å². The summed E-state index contributed by atoms with van der Waals surface area (Å²) in [5, 5.41) is 12.1. The summed E-state index contributed by atoms with van der Waals surface area (Å²) in [5.41, 5.74) is 1.74. The van der Waals surface area contributed by atoms with Crippen LogP contribution in [0.5, 0.6) is 0 Å². The van der Waals surface area contributed by atoms with Crippen molar-refractivity contribution < 1.29 is 9.59 Å². The highest BCUT2D eigenvalue weighted by Crippen LogP contribution is 2.31. The number of thioether (sulfide) groups is 1. The molecule has 0 aliphatic carbocycles. The van der Waals surface area contributed by atoms with E-state index in [0.717, 1.165) is 11.3 Å². The van der Waals surface area contributed by atoms with Crippen LogP contribution >= 0.6 is 23.4 Å². The standard InChI is InChI=1S/C20H18ClN5O2S/c1-13(18(27)25-12-11-22-19(25)28)29-20-24-23-17(14-7-9-15(21)10-8-14)26(20)16-5-3-2-4-6-16/h2-10,13H,11-12H2,1H3,(H,22,28). The first-order chi connectivity index (χ1) is 14.0. The summed E-state index contributed by atoms with van der Waals surface area (Å²) in [5.74, 6) is 0.398. The first-order valence-corrected chi connectivity index (χ1v) is 10.3. The molecular weight excluding hydrogens is 410 g/mol. The number of amides is 3. The molecule has 1 fully saturated rings. The van der Waals surface area contributed by atoms with E-state index >= 15 is 0 Å². The third-order valence-corrected chi connectivity index (χ3v) is 5.79. The van der Waals surface area contributed by atoms with E-state index in [4.69, 9.17) is 11.6 Å². The fourth-order valence-electron chi connectivity index (χ4n) is 3.05. The molecule has 1 aromatic heterocycles. The Bertz CT molecular complexity index is 1040.